The molecule has 1 amide bonds. The number of benzene rings is 3. The van der Waals surface area contributed by atoms with Gasteiger partial charge in [-0.25, -0.2) is 13.8 Å². The number of hydrogen-bond acceptors (Lipinski definition) is 5. The predicted octanol–water partition coefficient (Wildman–Crippen LogP) is 4.52. The topological polar surface area (TPSA) is 78.8 Å². The largest absolute Gasteiger partial charge is 0.271 e. The van der Waals surface area contributed by atoms with Gasteiger partial charge in [-0.2, -0.15) is 5.10 Å². The van der Waals surface area contributed by atoms with Crippen LogP contribution in [0, 0.1) is 0 Å². The minimum atomic E-state index is -3.95. The van der Waals surface area contributed by atoms with Gasteiger partial charge in [0, 0.05) is 9.37 Å². The summed E-state index contributed by atoms with van der Waals surface area (Å²) in [6.07, 6.45) is 3.50. The van der Waals surface area contributed by atoms with E-state index in [0.29, 0.717) is 10.2 Å². The third kappa shape index (κ3) is 6.19. The number of carbonyl (C=O) groups excluding carboxylic acids is 1. The number of nitrogens with one attached hydrogen (secondary N) is 1. The first kappa shape index (κ1) is 23.1. The third-order valence-corrected chi connectivity index (χ3v) is 7.26. The molecule has 1 N–H and O–H groups in total. The lowest BCUT2D eigenvalue weighted by atomic mass is 10.2. The highest BCUT2D eigenvalue weighted by molar-refractivity contribution is 9.10. The number of thioether (sulfide) groups is 1. The maximum Gasteiger partial charge on any atom is 0.264 e. The van der Waals surface area contributed by atoms with Crippen LogP contribution in [0.3, 0.4) is 0 Å². The zero-order valence-electron chi connectivity index (χ0n) is 16.6. The molecule has 3 aromatic rings. The van der Waals surface area contributed by atoms with Crippen LogP contribution in [0.25, 0.3) is 0 Å². The van der Waals surface area contributed by atoms with Crippen LogP contribution in [0.5, 0.6) is 0 Å². The van der Waals surface area contributed by atoms with Crippen LogP contribution in [-0.4, -0.2) is 33.3 Å². The van der Waals surface area contributed by atoms with Crippen molar-refractivity contribution in [1.29, 1.82) is 0 Å². The summed E-state index contributed by atoms with van der Waals surface area (Å²) in [6.45, 7) is -0.420. The molecular weight excluding hydrogens is 498 g/mol. The van der Waals surface area contributed by atoms with Gasteiger partial charge in [0.05, 0.1) is 16.8 Å². The molecule has 0 radical (unpaired) electrons. The van der Waals surface area contributed by atoms with E-state index in [1.54, 1.807) is 54.2 Å². The van der Waals surface area contributed by atoms with E-state index in [1.165, 1.54) is 18.3 Å². The Morgan fingerprint density at radius 2 is 1.77 bits per heavy atom. The smallest absolute Gasteiger partial charge is 0.264 e. The SMILES string of the molecule is CSc1ccc(/C=N/NC(=O)CN(c2cccc(Br)c2)S(=O)(=O)c2ccccc2)cc1. The van der Waals surface area contributed by atoms with Gasteiger partial charge in [-0.1, -0.05) is 52.3 Å². The van der Waals surface area contributed by atoms with E-state index < -0.39 is 22.5 Å². The summed E-state index contributed by atoms with van der Waals surface area (Å²) in [5, 5.41) is 3.95. The first-order chi connectivity index (χ1) is 14.9. The van der Waals surface area contributed by atoms with Crippen molar-refractivity contribution in [2.45, 2.75) is 9.79 Å². The standard InChI is InChI=1S/C22H20BrN3O3S2/c1-30-20-12-10-17(11-13-20)15-24-25-22(27)16-26(19-7-5-6-18(23)14-19)31(28,29)21-8-3-2-4-9-21/h2-15H,16H2,1H3,(H,25,27)/b24-15+. The Labute approximate surface area is 194 Å². The van der Waals surface area contributed by atoms with Crippen molar-refractivity contribution < 1.29 is 13.2 Å². The van der Waals surface area contributed by atoms with Gasteiger partial charge < -0.3 is 0 Å². The number of anilines is 1. The number of halogens is 1. The van der Waals surface area contributed by atoms with Crippen molar-refractivity contribution in [2.24, 2.45) is 5.10 Å². The molecule has 0 saturated heterocycles. The van der Waals surface area contributed by atoms with Crippen molar-refractivity contribution >= 4 is 55.5 Å². The van der Waals surface area contributed by atoms with Crippen LogP contribution in [0.15, 0.2) is 98.2 Å². The number of amides is 1. The lowest BCUT2D eigenvalue weighted by molar-refractivity contribution is -0.119. The molecule has 0 fully saturated rings. The van der Waals surface area contributed by atoms with Crippen LogP contribution >= 0.6 is 27.7 Å². The summed E-state index contributed by atoms with van der Waals surface area (Å²) in [7, 11) is -3.95. The number of nitrogens with zero attached hydrogens (tertiary/aromatic N) is 2. The van der Waals surface area contributed by atoms with Crippen LogP contribution in [0.4, 0.5) is 5.69 Å². The molecule has 6 nitrogen and oxygen atoms in total. The highest BCUT2D eigenvalue weighted by atomic mass is 79.9. The second-order valence-corrected chi connectivity index (χ2v) is 10.0. The maximum atomic E-state index is 13.2. The summed E-state index contributed by atoms with van der Waals surface area (Å²) < 4.78 is 28.2. The average molecular weight is 518 g/mol. The minimum absolute atomic E-state index is 0.0974. The number of carbonyl (C=O) groups is 1. The Morgan fingerprint density at radius 3 is 2.42 bits per heavy atom. The van der Waals surface area contributed by atoms with Gasteiger partial charge in [-0.15, -0.1) is 11.8 Å². The summed E-state index contributed by atoms with van der Waals surface area (Å²) in [6, 6.07) is 22.4. The molecule has 0 unspecified atom stereocenters. The molecule has 160 valence electrons. The zero-order valence-corrected chi connectivity index (χ0v) is 19.8. The van der Waals surface area contributed by atoms with E-state index in [1.807, 2.05) is 30.5 Å². The van der Waals surface area contributed by atoms with Crippen molar-refractivity contribution in [3.05, 3.63) is 88.9 Å². The average Bonchev–Trinajstić information content (AvgIpc) is 2.78. The number of hydrazone groups is 1. The molecular formula is C22H20BrN3O3S2. The highest BCUT2D eigenvalue weighted by Gasteiger charge is 2.27. The van der Waals surface area contributed by atoms with Crippen molar-refractivity contribution in [3.63, 3.8) is 0 Å². The quantitative estimate of drug-likeness (QED) is 0.270. The first-order valence-electron chi connectivity index (χ1n) is 9.19. The fourth-order valence-electron chi connectivity index (χ4n) is 2.70. The monoisotopic (exact) mass is 517 g/mol. The number of sulfonamides is 1. The van der Waals surface area contributed by atoms with Crippen LogP contribution < -0.4 is 9.73 Å². The third-order valence-electron chi connectivity index (χ3n) is 4.23. The van der Waals surface area contributed by atoms with Gasteiger partial charge in [0.25, 0.3) is 15.9 Å². The Balaban J connectivity index is 1.79. The van der Waals surface area contributed by atoms with Gasteiger partial charge in [0.2, 0.25) is 0 Å². The molecule has 31 heavy (non-hydrogen) atoms. The number of hydrogen-bond donors (Lipinski definition) is 1. The predicted molar refractivity (Wildman–Crippen MR) is 129 cm³/mol. The molecule has 3 aromatic carbocycles. The first-order valence-corrected chi connectivity index (χ1v) is 12.7. The fourth-order valence-corrected chi connectivity index (χ4v) is 4.93. The minimum Gasteiger partial charge on any atom is -0.271 e. The molecule has 0 aromatic heterocycles. The summed E-state index contributed by atoms with van der Waals surface area (Å²) in [4.78, 5) is 13.8. The molecule has 0 heterocycles. The molecule has 3 rings (SSSR count). The van der Waals surface area contributed by atoms with Crippen LogP contribution in [-0.2, 0) is 14.8 Å². The fraction of sp³-hybridized carbons (Fsp3) is 0.0909. The van der Waals surface area contributed by atoms with E-state index in [2.05, 4.69) is 26.5 Å². The van der Waals surface area contributed by atoms with Gasteiger partial charge in [0.1, 0.15) is 6.54 Å². The van der Waals surface area contributed by atoms with E-state index in [4.69, 9.17) is 0 Å². The van der Waals surface area contributed by atoms with E-state index in [0.717, 1.165) is 14.8 Å². The molecule has 0 aliphatic rings. The lowest BCUT2D eigenvalue weighted by Gasteiger charge is -2.23. The van der Waals surface area contributed by atoms with E-state index in [-0.39, 0.29) is 4.90 Å². The number of rotatable bonds is 8. The Bertz CT molecular complexity index is 1170. The van der Waals surface area contributed by atoms with E-state index >= 15 is 0 Å². The zero-order chi connectivity index (χ0) is 22.3. The van der Waals surface area contributed by atoms with Gasteiger partial charge >= 0.3 is 0 Å². The van der Waals surface area contributed by atoms with Crippen LogP contribution in [0.2, 0.25) is 0 Å². The normalized spacial score (nSPS) is 11.4. The summed E-state index contributed by atoms with van der Waals surface area (Å²) in [5.41, 5.74) is 3.59. The van der Waals surface area contributed by atoms with Gasteiger partial charge in [0.15, 0.2) is 0 Å². The Morgan fingerprint density at radius 1 is 1.06 bits per heavy atom. The van der Waals surface area contributed by atoms with Crippen molar-refractivity contribution in [1.82, 2.24) is 5.43 Å². The molecule has 0 saturated carbocycles. The summed E-state index contributed by atoms with van der Waals surface area (Å²) in [5.74, 6) is -0.559. The second-order valence-electron chi connectivity index (χ2n) is 6.37. The molecule has 0 aliphatic heterocycles. The Hall–Kier alpha value is -2.62. The van der Waals surface area contributed by atoms with Gasteiger partial charge in [-0.3, -0.25) is 9.10 Å². The van der Waals surface area contributed by atoms with Crippen molar-refractivity contribution in [2.75, 3.05) is 17.1 Å². The van der Waals surface area contributed by atoms with Crippen LogP contribution in [0.1, 0.15) is 5.56 Å². The second kappa shape index (κ2) is 10.6. The summed E-state index contributed by atoms with van der Waals surface area (Å²) >= 11 is 4.98. The van der Waals surface area contributed by atoms with Crippen molar-refractivity contribution in [3.8, 4) is 0 Å². The Kier molecular flexibility index (Phi) is 7.89. The maximum absolute atomic E-state index is 13.2. The molecule has 0 aliphatic carbocycles. The lowest BCUT2D eigenvalue weighted by Crippen LogP contribution is -2.39. The van der Waals surface area contributed by atoms with E-state index in [9.17, 15) is 13.2 Å². The molecule has 0 atom stereocenters. The molecule has 0 spiro atoms. The molecule has 0 bridgehead atoms. The van der Waals surface area contributed by atoms with Gasteiger partial charge in [-0.05, 0) is 54.3 Å². The highest BCUT2D eigenvalue weighted by Crippen LogP contribution is 2.26. The molecule has 9 heteroatoms.